The van der Waals surface area contributed by atoms with Crippen molar-refractivity contribution in [1.82, 2.24) is 24.7 Å². The summed E-state index contributed by atoms with van der Waals surface area (Å²) >= 11 is 0. The van der Waals surface area contributed by atoms with Crippen LogP contribution in [0, 0.1) is 0 Å². The van der Waals surface area contributed by atoms with Gasteiger partial charge in [0.15, 0.2) is 5.65 Å². The van der Waals surface area contributed by atoms with Crippen LogP contribution in [0.15, 0.2) is 53.3 Å². The highest BCUT2D eigenvalue weighted by Gasteiger charge is 2.38. The third kappa shape index (κ3) is 2.49. The van der Waals surface area contributed by atoms with E-state index in [1.165, 1.54) is 0 Å². The van der Waals surface area contributed by atoms with Crippen molar-refractivity contribution in [1.29, 1.82) is 0 Å². The minimum Gasteiger partial charge on any atom is -0.329 e. The van der Waals surface area contributed by atoms with E-state index in [9.17, 15) is 13.2 Å². The first kappa shape index (κ1) is 14.4. The normalized spacial score (nSPS) is 12.0. The average Bonchev–Trinajstić information content (AvgIpc) is 3.21. The molecule has 0 aliphatic rings. The van der Waals surface area contributed by atoms with Gasteiger partial charge in [0, 0.05) is 17.3 Å². The second-order valence-electron chi connectivity index (χ2n) is 4.95. The molecule has 9 heteroatoms. The molecule has 0 spiro atoms. The molecule has 0 atom stereocenters. The first-order valence-corrected chi connectivity index (χ1v) is 6.83. The lowest BCUT2D eigenvalue weighted by molar-refractivity contribution is -0.159. The Kier molecular flexibility index (Phi) is 3.08. The van der Waals surface area contributed by atoms with Gasteiger partial charge in [0.25, 0.3) is 0 Å². The molecule has 3 aromatic heterocycles. The van der Waals surface area contributed by atoms with E-state index in [1.807, 2.05) is 0 Å². The molecule has 0 unspecified atom stereocenters. The molecule has 4 rings (SSSR count). The van der Waals surface area contributed by atoms with Crippen molar-refractivity contribution in [3.05, 3.63) is 54.7 Å². The van der Waals surface area contributed by atoms with Gasteiger partial charge in [-0.25, -0.2) is 9.50 Å². The summed E-state index contributed by atoms with van der Waals surface area (Å²) in [5.41, 5.74) is 2.40. The third-order valence-corrected chi connectivity index (χ3v) is 3.32. The van der Waals surface area contributed by atoms with Crippen LogP contribution in [0.1, 0.15) is 5.89 Å². The van der Waals surface area contributed by atoms with Gasteiger partial charge in [-0.05, 0) is 18.2 Å². The Morgan fingerprint density at radius 3 is 2.58 bits per heavy atom. The summed E-state index contributed by atoms with van der Waals surface area (Å²) in [5.74, 6) is -1.51. The Bertz CT molecular complexity index is 988. The van der Waals surface area contributed by atoms with Gasteiger partial charge < -0.3 is 4.52 Å². The van der Waals surface area contributed by atoms with E-state index in [4.69, 9.17) is 0 Å². The molecule has 6 nitrogen and oxygen atoms in total. The summed E-state index contributed by atoms with van der Waals surface area (Å²) in [4.78, 5) is 7.81. The number of nitrogens with zero attached hydrogens (tertiary/aromatic N) is 5. The van der Waals surface area contributed by atoms with Gasteiger partial charge >= 0.3 is 12.1 Å². The van der Waals surface area contributed by atoms with E-state index in [-0.39, 0.29) is 5.82 Å². The Morgan fingerprint density at radius 2 is 1.83 bits per heavy atom. The molecule has 4 aromatic rings. The first-order chi connectivity index (χ1) is 11.5. The van der Waals surface area contributed by atoms with Crippen LogP contribution in [0.25, 0.3) is 28.3 Å². The average molecular weight is 331 g/mol. The zero-order valence-corrected chi connectivity index (χ0v) is 11.9. The minimum atomic E-state index is -4.67. The Labute approximate surface area is 132 Å². The second-order valence-corrected chi connectivity index (χ2v) is 4.95. The van der Waals surface area contributed by atoms with Crippen molar-refractivity contribution in [2.75, 3.05) is 0 Å². The Morgan fingerprint density at radius 1 is 1.00 bits per heavy atom. The maximum Gasteiger partial charge on any atom is 0.471 e. The number of hydrogen-bond donors (Lipinski definition) is 0. The number of aromatic nitrogens is 5. The van der Waals surface area contributed by atoms with Crippen LogP contribution in [0.5, 0.6) is 0 Å². The van der Waals surface area contributed by atoms with E-state index in [1.54, 1.807) is 53.3 Å². The summed E-state index contributed by atoms with van der Waals surface area (Å²) in [7, 11) is 0. The minimum absolute atomic E-state index is 0.133. The van der Waals surface area contributed by atoms with Gasteiger partial charge in [0.05, 0.1) is 11.9 Å². The van der Waals surface area contributed by atoms with Crippen molar-refractivity contribution >= 4 is 5.65 Å². The molecule has 0 N–H and O–H groups in total. The van der Waals surface area contributed by atoms with E-state index in [2.05, 4.69) is 24.7 Å². The second kappa shape index (κ2) is 5.15. The van der Waals surface area contributed by atoms with Crippen LogP contribution in [0.3, 0.4) is 0 Å². The van der Waals surface area contributed by atoms with Crippen molar-refractivity contribution < 1.29 is 17.7 Å². The molecule has 0 radical (unpaired) electrons. The van der Waals surface area contributed by atoms with Gasteiger partial charge in [0.2, 0.25) is 5.82 Å². The van der Waals surface area contributed by atoms with Gasteiger partial charge in [-0.3, -0.25) is 0 Å². The van der Waals surface area contributed by atoms with Crippen LogP contribution in [0.4, 0.5) is 13.2 Å². The fourth-order valence-corrected chi connectivity index (χ4v) is 2.24. The van der Waals surface area contributed by atoms with Crippen LogP contribution in [0.2, 0.25) is 0 Å². The summed E-state index contributed by atoms with van der Waals surface area (Å²) in [6.45, 7) is 0. The van der Waals surface area contributed by atoms with Crippen LogP contribution in [-0.4, -0.2) is 24.7 Å². The Hall–Kier alpha value is -3.23. The van der Waals surface area contributed by atoms with Crippen molar-refractivity contribution in [3.63, 3.8) is 0 Å². The van der Waals surface area contributed by atoms with Gasteiger partial charge in [-0.15, -0.1) is 0 Å². The number of alkyl halides is 3. The number of halogens is 3. The molecule has 0 aliphatic carbocycles. The maximum atomic E-state index is 12.6. The lowest BCUT2D eigenvalue weighted by Gasteiger charge is -1.99. The highest BCUT2D eigenvalue weighted by molar-refractivity contribution is 5.69. The molecule has 1 aromatic carbocycles. The zero-order valence-electron chi connectivity index (χ0n) is 11.9. The lowest BCUT2D eigenvalue weighted by Crippen LogP contribution is -2.04. The molecule has 0 bridgehead atoms. The van der Waals surface area contributed by atoms with E-state index in [0.29, 0.717) is 22.5 Å². The van der Waals surface area contributed by atoms with Gasteiger partial charge in [0.1, 0.15) is 0 Å². The van der Waals surface area contributed by atoms with Crippen molar-refractivity contribution in [3.8, 4) is 22.6 Å². The number of rotatable bonds is 2. The van der Waals surface area contributed by atoms with Crippen LogP contribution >= 0.6 is 0 Å². The van der Waals surface area contributed by atoms with Gasteiger partial charge in [-0.2, -0.15) is 23.3 Å². The summed E-state index contributed by atoms with van der Waals surface area (Å²) in [5, 5.41) is 7.51. The maximum absolute atomic E-state index is 12.6. The lowest BCUT2D eigenvalue weighted by atomic mass is 10.1. The van der Waals surface area contributed by atoms with E-state index >= 15 is 0 Å². The fraction of sp³-hybridized carbons (Fsp3) is 0.0667. The third-order valence-electron chi connectivity index (χ3n) is 3.32. The Balaban J connectivity index is 1.74. The molecule has 0 fully saturated rings. The first-order valence-electron chi connectivity index (χ1n) is 6.83. The quantitative estimate of drug-likeness (QED) is 0.562. The number of hydrogen-bond acceptors (Lipinski definition) is 5. The molecular weight excluding hydrogens is 323 g/mol. The SMILES string of the molecule is FC(F)(F)c1nc(-c2cccc(-c3cn4ncccc4n3)c2)no1. The summed E-state index contributed by atoms with van der Waals surface area (Å²) in [6, 6.07) is 10.3. The van der Waals surface area contributed by atoms with Crippen LogP contribution in [-0.2, 0) is 6.18 Å². The van der Waals surface area contributed by atoms with E-state index < -0.39 is 12.1 Å². The number of benzene rings is 1. The molecule has 24 heavy (non-hydrogen) atoms. The van der Waals surface area contributed by atoms with E-state index in [0.717, 1.165) is 0 Å². The molecule has 0 amide bonds. The molecule has 0 saturated carbocycles. The number of imidazole rings is 1. The predicted molar refractivity (Wildman–Crippen MR) is 76.7 cm³/mol. The topological polar surface area (TPSA) is 69.1 Å². The highest BCUT2D eigenvalue weighted by Crippen LogP contribution is 2.30. The van der Waals surface area contributed by atoms with Crippen LogP contribution < -0.4 is 0 Å². The molecular formula is C15H8F3N5O. The predicted octanol–water partition coefficient (Wildman–Crippen LogP) is 3.47. The fourth-order valence-electron chi connectivity index (χ4n) is 2.24. The molecule has 0 saturated heterocycles. The zero-order chi connectivity index (χ0) is 16.7. The molecule has 120 valence electrons. The number of fused-ring (bicyclic) bond motifs is 1. The largest absolute Gasteiger partial charge is 0.471 e. The summed E-state index contributed by atoms with van der Waals surface area (Å²) < 4.78 is 43.6. The smallest absolute Gasteiger partial charge is 0.329 e. The van der Waals surface area contributed by atoms with Gasteiger partial charge in [-0.1, -0.05) is 23.4 Å². The van der Waals surface area contributed by atoms with Crippen molar-refractivity contribution in [2.24, 2.45) is 0 Å². The highest BCUT2D eigenvalue weighted by atomic mass is 19.4. The summed E-state index contributed by atoms with van der Waals surface area (Å²) in [6.07, 6.45) is -1.31. The van der Waals surface area contributed by atoms with Crippen molar-refractivity contribution in [2.45, 2.75) is 6.18 Å². The monoisotopic (exact) mass is 331 g/mol. The molecule has 3 heterocycles. The molecule has 0 aliphatic heterocycles. The standard InChI is InChI=1S/C15H8F3N5O/c16-15(17,18)14-21-13(22-24-14)10-4-1-3-9(7-10)11-8-23-12(20-11)5-2-6-19-23/h1-8H.